The summed E-state index contributed by atoms with van der Waals surface area (Å²) in [5.74, 6) is 1.16. The molecule has 0 heterocycles. The van der Waals surface area contributed by atoms with Crippen LogP contribution in [-0.2, 0) is 0 Å². The summed E-state index contributed by atoms with van der Waals surface area (Å²) >= 11 is 0.127. The van der Waals surface area contributed by atoms with Crippen molar-refractivity contribution in [3.8, 4) is 11.5 Å². The number of para-hydroxylation sites is 2. The number of hydrogen-bond donors (Lipinski definition) is 2. The summed E-state index contributed by atoms with van der Waals surface area (Å²) in [4.78, 5) is 23.7. The first-order valence-electron chi connectivity index (χ1n) is 9.08. The SMILES string of the molecule is CCCNC(=O)Oc1ccccc1[Se][Se]c1ccccc1OC(=O)NCCC. The molecule has 0 spiro atoms. The average molecular weight is 514 g/mol. The van der Waals surface area contributed by atoms with E-state index in [4.69, 9.17) is 9.47 Å². The standard InChI is InChI=1S/C20H24N2O4Se2/c1-3-13-21-19(23)25-15-9-5-7-11-17(15)27-28-18-12-8-6-10-16(18)26-20(24)22-14-4-2/h5-12H,3-4,13-14H2,1-2H3,(H,21,23)(H,22,24). The molecule has 0 aromatic heterocycles. The topological polar surface area (TPSA) is 76.7 Å². The normalized spacial score (nSPS) is 10.2. The van der Waals surface area contributed by atoms with Crippen molar-refractivity contribution in [2.45, 2.75) is 26.7 Å². The molecule has 0 unspecified atom stereocenters. The van der Waals surface area contributed by atoms with Gasteiger partial charge in [0.15, 0.2) is 0 Å². The van der Waals surface area contributed by atoms with Gasteiger partial charge in [-0.3, -0.25) is 0 Å². The minimum absolute atomic E-state index is 0.0635. The Morgan fingerprint density at radius 1 is 0.750 bits per heavy atom. The average Bonchev–Trinajstić information content (AvgIpc) is 2.71. The van der Waals surface area contributed by atoms with E-state index in [0.29, 0.717) is 24.6 Å². The minimum atomic E-state index is -0.436. The summed E-state index contributed by atoms with van der Waals surface area (Å²) in [5, 5.41) is 5.43. The van der Waals surface area contributed by atoms with Gasteiger partial charge >= 0.3 is 177 Å². The Hall–Kier alpha value is -1.98. The van der Waals surface area contributed by atoms with Gasteiger partial charge in [-0.05, 0) is 0 Å². The van der Waals surface area contributed by atoms with Crippen LogP contribution in [0.4, 0.5) is 9.59 Å². The van der Waals surface area contributed by atoms with Crippen molar-refractivity contribution in [1.29, 1.82) is 0 Å². The molecular formula is C20H24N2O4Se2. The Kier molecular flexibility index (Phi) is 9.94. The number of benzene rings is 2. The first-order valence-corrected chi connectivity index (χ1v) is 15.1. The van der Waals surface area contributed by atoms with Gasteiger partial charge in [0.2, 0.25) is 0 Å². The number of nitrogens with one attached hydrogen (secondary N) is 2. The van der Waals surface area contributed by atoms with Crippen LogP contribution in [0.25, 0.3) is 0 Å². The third kappa shape index (κ3) is 7.56. The van der Waals surface area contributed by atoms with Crippen molar-refractivity contribution < 1.29 is 19.1 Å². The third-order valence-electron chi connectivity index (χ3n) is 3.36. The van der Waals surface area contributed by atoms with Gasteiger partial charge in [0, 0.05) is 0 Å². The molecule has 2 rings (SSSR count). The van der Waals surface area contributed by atoms with Crippen LogP contribution < -0.4 is 29.0 Å². The molecule has 0 saturated carbocycles. The fraction of sp³-hybridized carbons (Fsp3) is 0.300. The second kappa shape index (κ2) is 12.5. The van der Waals surface area contributed by atoms with Gasteiger partial charge < -0.3 is 0 Å². The van der Waals surface area contributed by atoms with E-state index in [1.807, 2.05) is 50.2 Å². The van der Waals surface area contributed by atoms with Crippen LogP contribution in [-0.4, -0.2) is 51.5 Å². The molecule has 150 valence electrons. The van der Waals surface area contributed by atoms with E-state index >= 15 is 0 Å². The molecule has 0 atom stereocenters. The molecule has 0 aliphatic rings. The molecule has 2 aromatic carbocycles. The van der Waals surface area contributed by atoms with Crippen LogP contribution in [0.2, 0.25) is 0 Å². The quantitative estimate of drug-likeness (QED) is 0.502. The molecule has 8 heteroatoms. The van der Waals surface area contributed by atoms with Crippen molar-refractivity contribution in [2.24, 2.45) is 0 Å². The molecule has 2 amide bonds. The van der Waals surface area contributed by atoms with Crippen molar-refractivity contribution in [3.63, 3.8) is 0 Å². The molecule has 0 radical (unpaired) electrons. The van der Waals surface area contributed by atoms with E-state index in [9.17, 15) is 9.59 Å². The molecule has 0 aliphatic heterocycles. The number of rotatable bonds is 9. The first kappa shape index (κ1) is 22.3. The van der Waals surface area contributed by atoms with E-state index in [1.165, 1.54) is 0 Å². The van der Waals surface area contributed by atoms with Crippen LogP contribution in [0.5, 0.6) is 11.5 Å². The van der Waals surface area contributed by atoms with Gasteiger partial charge in [0.05, 0.1) is 0 Å². The van der Waals surface area contributed by atoms with Crippen molar-refractivity contribution in [2.75, 3.05) is 13.1 Å². The zero-order valence-electron chi connectivity index (χ0n) is 15.9. The molecular weight excluding hydrogens is 490 g/mol. The van der Waals surface area contributed by atoms with Gasteiger partial charge in [0.1, 0.15) is 0 Å². The summed E-state index contributed by atoms with van der Waals surface area (Å²) in [6.45, 7) is 5.14. The Bertz CT molecular complexity index is 721. The second-order valence-electron chi connectivity index (χ2n) is 5.69. The monoisotopic (exact) mass is 516 g/mol. The van der Waals surface area contributed by atoms with Gasteiger partial charge in [-0.1, -0.05) is 0 Å². The van der Waals surface area contributed by atoms with E-state index in [-0.39, 0.29) is 26.3 Å². The van der Waals surface area contributed by atoms with E-state index in [1.54, 1.807) is 12.1 Å². The van der Waals surface area contributed by atoms with Crippen LogP contribution in [0.1, 0.15) is 26.7 Å². The number of ether oxygens (including phenoxy) is 2. The molecule has 0 bridgehead atoms. The summed E-state index contributed by atoms with van der Waals surface area (Å²) < 4.78 is 12.9. The van der Waals surface area contributed by atoms with Crippen LogP contribution in [0, 0.1) is 0 Å². The van der Waals surface area contributed by atoms with Crippen molar-refractivity contribution >= 4 is 47.4 Å². The number of amides is 2. The Morgan fingerprint density at radius 2 is 1.14 bits per heavy atom. The molecule has 28 heavy (non-hydrogen) atoms. The van der Waals surface area contributed by atoms with E-state index < -0.39 is 12.2 Å². The molecule has 2 N–H and O–H groups in total. The molecule has 0 fully saturated rings. The number of carbonyl (C=O) groups is 2. The summed E-state index contributed by atoms with van der Waals surface area (Å²) in [6, 6.07) is 15.1. The molecule has 2 aromatic rings. The maximum absolute atomic E-state index is 11.9. The summed E-state index contributed by atoms with van der Waals surface area (Å²) in [6.07, 6.45) is 0.835. The molecule has 6 nitrogen and oxygen atoms in total. The summed E-state index contributed by atoms with van der Waals surface area (Å²) in [7, 11) is 0. The van der Waals surface area contributed by atoms with Crippen LogP contribution in [0.15, 0.2) is 48.5 Å². The third-order valence-corrected chi connectivity index (χ3v) is 10.5. The predicted octanol–water partition coefficient (Wildman–Crippen LogP) is 1.96. The maximum atomic E-state index is 11.9. The van der Waals surface area contributed by atoms with Gasteiger partial charge in [-0.15, -0.1) is 0 Å². The molecule has 0 aliphatic carbocycles. The van der Waals surface area contributed by atoms with E-state index in [0.717, 1.165) is 21.8 Å². The first-order chi connectivity index (χ1) is 13.6. The van der Waals surface area contributed by atoms with Gasteiger partial charge in [0.25, 0.3) is 0 Å². The second-order valence-corrected chi connectivity index (χ2v) is 11.9. The fourth-order valence-corrected chi connectivity index (χ4v) is 8.73. The van der Waals surface area contributed by atoms with Crippen molar-refractivity contribution in [3.05, 3.63) is 48.5 Å². The van der Waals surface area contributed by atoms with Gasteiger partial charge in [-0.2, -0.15) is 0 Å². The zero-order valence-corrected chi connectivity index (χ0v) is 19.3. The van der Waals surface area contributed by atoms with Crippen molar-refractivity contribution in [1.82, 2.24) is 10.6 Å². The summed E-state index contributed by atoms with van der Waals surface area (Å²) in [5.41, 5.74) is 0. The Balaban J connectivity index is 2.03. The Labute approximate surface area is 176 Å². The van der Waals surface area contributed by atoms with E-state index in [2.05, 4.69) is 10.6 Å². The molecule has 0 saturated heterocycles. The number of carbonyl (C=O) groups excluding carboxylic acids is 2. The van der Waals surface area contributed by atoms with Crippen LogP contribution in [0.3, 0.4) is 0 Å². The van der Waals surface area contributed by atoms with Crippen LogP contribution >= 0.6 is 0 Å². The predicted molar refractivity (Wildman–Crippen MR) is 112 cm³/mol. The Morgan fingerprint density at radius 3 is 1.54 bits per heavy atom. The zero-order chi connectivity index (χ0) is 20.2. The number of hydrogen-bond acceptors (Lipinski definition) is 4. The fourth-order valence-electron chi connectivity index (χ4n) is 2.02. The van der Waals surface area contributed by atoms with Gasteiger partial charge in [-0.25, -0.2) is 0 Å².